The van der Waals surface area contributed by atoms with Crippen LogP contribution in [0.3, 0.4) is 0 Å². The molecule has 0 atom stereocenters. The van der Waals surface area contributed by atoms with Gasteiger partial charge in [0.25, 0.3) is 10.0 Å². The molecule has 0 aliphatic rings. The van der Waals surface area contributed by atoms with Gasteiger partial charge >= 0.3 is 0 Å². The Morgan fingerprint density at radius 2 is 2.14 bits per heavy atom. The molecule has 2 aromatic rings. The van der Waals surface area contributed by atoms with Gasteiger partial charge < -0.3 is 5.73 Å². The lowest BCUT2D eigenvalue weighted by Gasteiger charge is -2.11. The number of hydrogen-bond acceptors (Lipinski definition) is 5. The van der Waals surface area contributed by atoms with E-state index in [-0.39, 0.29) is 4.21 Å². The molecular formula is C13H15BrN2O2S3. The number of rotatable bonds is 6. The van der Waals surface area contributed by atoms with Crippen LogP contribution in [0.4, 0.5) is 11.4 Å². The average Bonchev–Trinajstić information content (AvgIpc) is 2.86. The van der Waals surface area contributed by atoms with E-state index in [0.717, 1.165) is 28.4 Å². The van der Waals surface area contributed by atoms with E-state index in [1.54, 1.807) is 35.3 Å². The van der Waals surface area contributed by atoms with Crippen LogP contribution < -0.4 is 10.5 Å². The Bertz CT molecular complexity index is 729. The molecule has 0 aliphatic carbocycles. The topological polar surface area (TPSA) is 72.2 Å². The molecule has 1 aromatic carbocycles. The first-order valence-corrected chi connectivity index (χ1v) is 10.4. The second-order valence-corrected chi connectivity index (χ2v) is 9.08. The van der Waals surface area contributed by atoms with Gasteiger partial charge in [0.15, 0.2) is 4.21 Å². The van der Waals surface area contributed by atoms with Gasteiger partial charge in [-0.15, -0.1) is 23.1 Å². The summed E-state index contributed by atoms with van der Waals surface area (Å²) in [6.07, 6.45) is 1.05. The van der Waals surface area contributed by atoms with Crippen LogP contribution >= 0.6 is 39.0 Å². The number of halogens is 1. The maximum Gasteiger partial charge on any atom is 0.272 e. The molecule has 0 saturated heterocycles. The zero-order valence-corrected chi connectivity index (χ0v) is 15.3. The van der Waals surface area contributed by atoms with Crippen molar-refractivity contribution in [3.05, 3.63) is 34.1 Å². The van der Waals surface area contributed by atoms with E-state index in [1.807, 2.05) is 6.07 Å². The number of nitrogen functional groups attached to an aromatic ring is 1. The van der Waals surface area contributed by atoms with E-state index in [0.29, 0.717) is 15.8 Å². The second-order valence-electron chi connectivity index (χ2n) is 4.26. The van der Waals surface area contributed by atoms with Crippen molar-refractivity contribution in [2.24, 2.45) is 0 Å². The Morgan fingerprint density at radius 1 is 1.38 bits per heavy atom. The number of nitrogens with two attached hydrogens (primary N) is 1. The molecule has 1 heterocycles. The fraction of sp³-hybridized carbons (Fsp3) is 0.231. The molecule has 0 saturated carbocycles. The number of anilines is 2. The number of hydrogen-bond donors (Lipinski definition) is 2. The Morgan fingerprint density at radius 3 is 2.76 bits per heavy atom. The summed E-state index contributed by atoms with van der Waals surface area (Å²) >= 11 is 6.07. The quantitative estimate of drug-likeness (QED) is 0.550. The van der Waals surface area contributed by atoms with Gasteiger partial charge in [-0.1, -0.05) is 6.92 Å². The minimum absolute atomic E-state index is 0.244. The van der Waals surface area contributed by atoms with Gasteiger partial charge in [0.05, 0.1) is 11.4 Å². The van der Waals surface area contributed by atoms with Crippen LogP contribution in [0.2, 0.25) is 0 Å². The smallest absolute Gasteiger partial charge is 0.272 e. The Hall–Kier alpha value is -0.700. The fourth-order valence-electron chi connectivity index (χ4n) is 1.60. The van der Waals surface area contributed by atoms with Crippen molar-refractivity contribution in [2.75, 3.05) is 16.2 Å². The van der Waals surface area contributed by atoms with E-state index in [4.69, 9.17) is 5.73 Å². The highest BCUT2D eigenvalue weighted by Crippen LogP contribution is 2.32. The van der Waals surface area contributed by atoms with Crippen LogP contribution in [-0.4, -0.2) is 14.2 Å². The van der Waals surface area contributed by atoms with Gasteiger partial charge in [0.2, 0.25) is 0 Å². The summed E-state index contributed by atoms with van der Waals surface area (Å²) in [6.45, 7) is 2.10. The molecule has 1 aromatic heterocycles. The summed E-state index contributed by atoms with van der Waals surface area (Å²) < 4.78 is 28.1. The minimum Gasteiger partial charge on any atom is -0.397 e. The van der Waals surface area contributed by atoms with E-state index in [1.165, 1.54) is 0 Å². The van der Waals surface area contributed by atoms with Gasteiger partial charge in [-0.2, -0.15) is 0 Å². The third kappa shape index (κ3) is 4.15. The fourth-order valence-corrected chi connectivity index (χ4v) is 5.82. The predicted molar refractivity (Wildman–Crippen MR) is 94.7 cm³/mol. The molecule has 8 heteroatoms. The minimum atomic E-state index is -3.63. The monoisotopic (exact) mass is 406 g/mol. The molecule has 4 nitrogen and oxygen atoms in total. The zero-order chi connectivity index (χ0) is 15.5. The van der Waals surface area contributed by atoms with Gasteiger partial charge in [-0.05, 0) is 57.7 Å². The zero-order valence-electron chi connectivity index (χ0n) is 11.3. The molecule has 0 aliphatic heterocycles. The Labute approximate surface area is 141 Å². The highest BCUT2D eigenvalue weighted by molar-refractivity contribution is 9.10. The highest BCUT2D eigenvalue weighted by atomic mass is 79.9. The third-order valence-corrected chi connectivity index (χ3v) is 7.81. The third-order valence-electron chi connectivity index (χ3n) is 2.57. The first-order chi connectivity index (χ1) is 9.94. The van der Waals surface area contributed by atoms with Gasteiger partial charge in [-0.3, -0.25) is 4.72 Å². The number of thiophene rings is 1. The van der Waals surface area contributed by atoms with Gasteiger partial charge in [0.1, 0.15) is 0 Å². The predicted octanol–water partition coefficient (Wildman–Crippen LogP) is 4.40. The maximum atomic E-state index is 12.4. The normalized spacial score (nSPS) is 11.5. The van der Waals surface area contributed by atoms with Crippen LogP contribution in [-0.2, 0) is 10.0 Å². The molecule has 0 radical (unpaired) electrons. The molecule has 0 bridgehead atoms. The van der Waals surface area contributed by atoms with Crippen molar-refractivity contribution in [1.82, 2.24) is 0 Å². The summed E-state index contributed by atoms with van der Waals surface area (Å²) in [5.74, 6) is 0.979. The molecule has 0 amide bonds. The summed E-state index contributed by atoms with van der Waals surface area (Å²) in [5.41, 5.74) is 6.69. The van der Waals surface area contributed by atoms with Crippen molar-refractivity contribution in [2.45, 2.75) is 22.4 Å². The number of sulfonamides is 1. The van der Waals surface area contributed by atoms with Crippen LogP contribution in [0, 0.1) is 0 Å². The van der Waals surface area contributed by atoms with Crippen molar-refractivity contribution in [1.29, 1.82) is 0 Å². The molecule has 2 rings (SSSR count). The number of benzene rings is 1. The molecule has 3 N–H and O–H groups in total. The average molecular weight is 407 g/mol. The van der Waals surface area contributed by atoms with Crippen molar-refractivity contribution < 1.29 is 8.42 Å². The molecule has 0 unspecified atom stereocenters. The molecule has 21 heavy (non-hydrogen) atoms. The maximum absolute atomic E-state index is 12.4. The van der Waals surface area contributed by atoms with E-state index >= 15 is 0 Å². The lowest BCUT2D eigenvalue weighted by molar-refractivity contribution is 0.603. The van der Waals surface area contributed by atoms with Crippen molar-refractivity contribution in [3.8, 4) is 0 Å². The number of nitrogens with one attached hydrogen (secondary N) is 1. The lowest BCUT2D eigenvalue weighted by Crippen LogP contribution is -2.13. The molecule has 0 spiro atoms. The van der Waals surface area contributed by atoms with Crippen molar-refractivity contribution >= 4 is 60.4 Å². The van der Waals surface area contributed by atoms with Crippen LogP contribution in [0.15, 0.2) is 43.2 Å². The first kappa shape index (κ1) is 16.7. The highest BCUT2D eigenvalue weighted by Gasteiger charge is 2.20. The standard InChI is InChI=1S/C13H15BrN2O2S3/c1-2-6-19-9-3-4-11(15)12(8-9)16-21(17,18)13-10(14)5-7-20-13/h3-5,7-8,16H,2,6,15H2,1H3. The van der Waals surface area contributed by atoms with E-state index in [2.05, 4.69) is 27.6 Å². The van der Waals surface area contributed by atoms with E-state index < -0.39 is 10.0 Å². The van der Waals surface area contributed by atoms with E-state index in [9.17, 15) is 8.42 Å². The summed E-state index contributed by atoms with van der Waals surface area (Å²) in [5, 5.41) is 1.72. The molecular weight excluding hydrogens is 392 g/mol. The van der Waals surface area contributed by atoms with Crippen LogP contribution in [0.5, 0.6) is 0 Å². The number of thioether (sulfide) groups is 1. The largest absolute Gasteiger partial charge is 0.397 e. The molecule has 0 fully saturated rings. The van der Waals surface area contributed by atoms with Crippen LogP contribution in [0.1, 0.15) is 13.3 Å². The Balaban J connectivity index is 2.28. The van der Waals surface area contributed by atoms with Gasteiger partial charge in [0, 0.05) is 9.37 Å². The first-order valence-electron chi connectivity index (χ1n) is 6.22. The summed E-state index contributed by atoms with van der Waals surface area (Å²) in [6, 6.07) is 7.10. The Kier molecular flexibility index (Phi) is 5.59. The van der Waals surface area contributed by atoms with Crippen LogP contribution in [0.25, 0.3) is 0 Å². The second kappa shape index (κ2) is 7.04. The summed E-state index contributed by atoms with van der Waals surface area (Å²) in [7, 11) is -3.63. The SMILES string of the molecule is CCCSc1ccc(N)c(NS(=O)(=O)c2sccc2Br)c1. The van der Waals surface area contributed by atoms with Gasteiger partial charge in [-0.25, -0.2) is 8.42 Å². The lowest BCUT2D eigenvalue weighted by atomic mass is 10.3. The summed E-state index contributed by atoms with van der Waals surface area (Å²) in [4.78, 5) is 0.994. The molecule has 114 valence electrons. The van der Waals surface area contributed by atoms with Crippen molar-refractivity contribution in [3.63, 3.8) is 0 Å².